The lowest BCUT2D eigenvalue weighted by molar-refractivity contribution is -0.150. The Bertz CT molecular complexity index is 757. The molecule has 2 aromatic rings. The van der Waals surface area contributed by atoms with Crippen LogP contribution in [0.1, 0.15) is 30.5 Å². The molecule has 3 rings (SSSR count). The number of carbonyl (C=O) groups is 2. The highest BCUT2D eigenvalue weighted by atomic mass is 16.5. The van der Waals surface area contributed by atoms with E-state index < -0.39 is 0 Å². The number of nitrogens with one attached hydrogen (secondary N) is 1. The quantitative estimate of drug-likeness (QED) is 0.777. The van der Waals surface area contributed by atoms with E-state index in [9.17, 15) is 9.59 Å². The number of carbonyl (C=O) groups excluding carboxylic acids is 2. The minimum atomic E-state index is -0.326. The zero-order valence-corrected chi connectivity index (χ0v) is 15.0. The van der Waals surface area contributed by atoms with Crippen molar-refractivity contribution in [2.75, 3.05) is 13.7 Å². The largest absolute Gasteiger partial charge is 0.497 e. The van der Waals surface area contributed by atoms with Crippen LogP contribution in [0.2, 0.25) is 0 Å². The molecule has 0 saturated heterocycles. The number of amides is 1. The van der Waals surface area contributed by atoms with Crippen LogP contribution >= 0.6 is 0 Å². The summed E-state index contributed by atoms with van der Waals surface area (Å²) in [6.45, 7) is 1.74. The van der Waals surface area contributed by atoms with Crippen LogP contribution in [0, 0.1) is 11.8 Å². The smallest absolute Gasteiger partial charge is 0.309 e. The van der Waals surface area contributed by atoms with Crippen molar-refractivity contribution in [3.63, 3.8) is 0 Å². The molecule has 26 heavy (non-hydrogen) atoms. The summed E-state index contributed by atoms with van der Waals surface area (Å²) in [6, 6.07) is 16.9. The second kappa shape index (κ2) is 8.04. The number of benzene rings is 2. The lowest BCUT2D eigenvalue weighted by Gasteiger charge is -2.20. The molecule has 1 saturated carbocycles. The molecule has 5 heteroatoms. The monoisotopic (exact) mass is 353 g/mol. The van der Waals surface area contributed by atoms with Crippen LogP contribution in [-0.4, -0.2) is 25.6 Å². The molecular weight excluding hydrogens is 330 g/mol. The van der Waals surface area contributed by atoms with Gasteiger partial charge in [-0.15, -0.1) is 0 Å². The van der Waals surface area contributed by atoms with Gasteiger partial charge in [0, 0.05) is 0 Å². The Morgan fingerprint density at radius 2 is 1.69 bits per heavy atom. The van der Waals surface area contributed by atoms with Crippen LogP contribution in [0.5, 0.6) is 5.75 Å². The van der Waals surface area contributed by atoms with Gasteiger partial charge >= 0.3 is 5.97 Å². The molecule has 0 aliphatic heterocycles. The summed E-state index contributed by atoms with van der Waals surface area (Å²) in [5, 5.41) is 2.96. The number of rotatable bonds is 7. The number of hydrogen-bond donors (Lipinski definition) is 1. The van der Waals surface area contributed by atoms with Crippen LogP contribution in [0.3, 0.4) is 0 Å². The summed E-state index contributed by atoms with van der Waals surface area (Å²) in [5.41, 5.74) is 1.88. The summed E-state index contributed by atoms with van der Waals surface area (Å²) in [6.07, 6.45) is 0.846. The predicted octanol–water partition coefficient (Wildman–Crippen LogP) is 3.10. The van der Waals surface area contributed by atoms with Crippen LogP contribution in [0.25, 0.3) is 0 Å². The highest BCUT2D eigenvalue weighted by Gasteiger charge is 2.40. The highest BCUT2D eigenvalue weighted by Crippen LogP contribution is 2.38. The van der Waals surface area contributed by atoms with Gasteiger partial charge in [0.1, 0.15) is 5.75 Å². The fourth-order valence-corrected chi connectivity index (χ4v) is 2.90. The van der Waals surface area contributed by atoms with E-state index in [-0.39, 0.29) is 30.4 Å². The second-order valence-electron chi connectivity index (χ2n) is 6.61. The Balaban J connectivity index is 1.69. The third kappa shape index (κ3) is 4.42. The lowest BCUT2D eigenvalue weighted by atomic mass is 9.98. The van der Waals surface area contributed by atoms with Gasteiger partial charge in [0.15, 0.2) is 6.61 Å². The molecule has 5 nitrogen and oxygen atoms in total. The average molecular weight is 353 g/mol. The van der Waals surface area contributed by atoms with E-state index in [0.29, 0.717) is 5.92 Å². The summed E-state index contributed by atoms with van der Waals surface area (Å²) in [7, 11) is 1.61. The highest BCUT2D eigenvalue weighted by molar-refractivity contribution is 5.82. The maximum atomic E-state index is 12.3. The van der Waals surface area contributed by atoms with Gasteiger partial charge in [0.25, 0.3) is 5.91 Å². The van der Waals surface area contributed by atoms with E-state index in [1.165, 1.54) is 0 Å². The predicted molar refractivity (Wildman–Crippen MR) is 97.7 cm³/mol. The maximum Gasteiger partial charge on any atom is 0.309 e. The average Bonchev–Trinajstić information content (AvgIpc) is 3.42. The van der Waals surface area contributed by atoms with E-state index in [1.54, 1.807) is 7.11 Å². The summed E-state index contributed by atoms with van der Waals surface area (Å²) in [4.78, 5) is 24.1. The van der Waals surface area contributed by atoms with E-state index >= 15 is 0 Å². The van der Waals surface area contributed by atoms with Gasteiger partial charge in [-0.05, 0) is 35.6 Å². The van der Waals surface area contributed by atoms with Crippen molar-refractivity contribution in [1.82, 2.24) is 5.32 Å². The zero-order chi connectivity index (χ0) is 18.5. The van der Waals surface area contributed by atoms with Gasteiger partial charge in [-0.3, -0.25) is 9.59 Å². The van der Waals surface area contributed by atoms with Crippen molar-refractivity contribution in [3.05, 3.63) is 65.7 Å². The molecule has 3 atom stereocenters. The number of methoxy groups -OCH3 is 1. The first-order valence-electron chi connectivity index (χ1n) is 8.73. The maximum absolute atomic E-state index is 12.3. The Hall–Kier alpha value is -2.82. The molecule has 2 aromatic carbocycles. The molecule has 1 amide bonds. The zero-order valence-electron chi connectivity index (χ0n) is 15.0. The fourth-order valence-electron chi connectivity index (χ4n) is 2.90. The van der Waals surface area contributed by atoms with E-state index in [2.05, 4.69) is 5.32 Å². The molecule has 1 fully saturated rings. The molecule has 136 valence electrons. The summed E-state index contributed by atoms with van der Waals surface area (Å²) in [5.74, 6) is 0.459. The van der Waals surface area contributed by atoms with Crippen molar-refractivity contribution in [2.24, 2.45) is 11.8 Å². The molecule has 1 N–H and O–H groups in total. The van der Waals surface area contributed by atoms with Gasteiger partial charge in [-0.25, -0.2) is 0 Å². The molecule has 0 heterocycles. The number of ether oxygens (including phenoxy) is 2. The first-order chi connectivity index (χ1) is 12.6. The third-order valence-electron chi connectivity index (χ3n) is 4.65. The molecule has 1 aliphatic rings. The first-order valence-corrected chi connectivity index (χ1v) is 8.73. The second-order valence-corrected chi connectivity index (χ2v) is 6.61. The van der Waals surface area contributed by atoms with Gasteiger partial charge in [-0.1, -0.05) is 49.4 Å². The Kier molecular flexibility index (Phi) is 5.56. The lowest BCUT2D eigenvalue weighted by Crippen LogP contribution is -2.33. The van der Waals surface area contributed by atoms with Crippen LogP contribution in [0.15, 0.2) is 54.6 Å². The van der Waals surface area contributed by atoms with Gasteiger partial charge in [0.05, 0.1) is 19.1 Å². The van der Waals surface area contributed by atoms with Gasteiger partial charge in [0.2, 0.25) is 0 Å². The molecule has 0 radical (unpaired) electrons. The van der Waals surface area contributed by atoms with Crippen molar-refractivity contribution >= 4 is 11.9 Å². The molecule has 0 unspecified atom stereocenters. The topological polar surface area (TPSA) is 64.6 Å². The van der Waals surface area contributed by atoms with Crippen molar-refractivity contribution in [1.29, 1.82) is 0 Å². The van der Waals surface area contributed by atoms with E-state index in [1.807, 2.05) is 61.5 Å². The Labute approximate surface area is 153 Å². The van der Waals surface area contributed by atoms with Crippen LogP contribution in [-0.2, 0) is 14.3 Å². The Morgan fingerprint density at radius 3 is 2.27 bits per heavy atom. The standard InChI is InChI=1S/C21H23NO4/c1-14-12-18(14)21(24)26-13-19(23)22-20(15-6-4-3-5-7-15)16-8-10-17(25-2)11-9-16/h3-11,14,18,20H,12-13H2,1-2H3,(H,22,23)/t14-,18-,20-/m0/s1. The SMILES string of the molecule is COc1ccc([C@@H](NC(=O)COC(=O)[C@H]2C[C@@H]2C)c2ccccc2)cc1. The third-order valence-corrected chi connectivity index (χ3v) is 4.65. The van der Waals surface area contributed by atoms with Crippen LogP contribution in [0.4, 0.5) is 0 Å². The minimum Gasteiger partial charge on any atom is -0.497 e. The molecule has 0 aromatic heterocycles. The first kappa shape index (κ1) is 18.0. The van der Waals surface area contributed by atoms with Crippen LogP contribution < -0.4 is 10.1 Å². The van der Waals surface area contributed by atoms with Gasteiger partial charge in [-0.2, -0.15) is 0 Å². The summed E-state index contributed by atoms with van der Waals surface area (Å²) < 4.78 is 10.3. The van der Waals surface area contributed by atoms with Gasteiger partial charge < -0.3 is 14.8 Å². The molecule has 0 spiro atoms. The van der Waals surface area contributed by atoms with Crippen molar-refractivity contribution < 1.29 is 19.1 Å². The van der Waals surface area contributed by atoms with E-state index in [0.717, 1.165) is 23.3 Å². The number of esters is 1. The molecule has 1 aliphatic carbocycles. The Morgan fingerprint density at radius 1 is 1.08 bits per heavy atom. The molecular formula is C21H23NO4. The van der Waals surface area contributed by atoms with Crippen molar-refractivity contribution in [3.8, 4) is 5.75 Å². The number of hydrogen-bond acceptors (Lipinski definition) is 4. The van der Waals surface area contributed by atoms with Crippen molar-refractivity contribution in [2.45, 2.75) is 19.4 Å². The normalized spacial score (nSPS) is 19.3. The summed E-state index contributed by atoms with van der Waals surface area (Å²) >= 11 is 0. The fraction of sp³-hybridized carbons (Fsp3) is 0.333. The minimum absolute atomic E-state index is 0.0469. The van der Waals surface area contributed by atoms with E-state index in [4.69, 9.17) is 9.47 Å². The molecule has 0 bridgehead atoms.